The van der Waals surface area contributed by atoms with Crippen LogP contribution in [0.25, 0.3) is 22.4 Å². The molecule has 3 N–H and O–H groups in total. The topological polar surface area (TPSA) is 171 Å². The lowest BCUT2D eigenvalue weighted by atomic mass is 9.85. The van der Waals surface area contributed by atoms with E-state index >= 15 is 0 Å². The third kappa shape index (κ3) is 11.5. The minimum Gasteiger partial charge on any atom is -0.453 e. The van der Waals surface area contributed by atoms with Crippen LogP contribution in [-0.4, -0.2) is 113 Å². The van der Waals surface area contributed by atoms with Crippen LogP contribution in [0.5, 0.6) is 5.75 Å². The van der Waals surface area contributed by atoms with Crippen molar-refractivity contribution in [3.05, 3.63) is 77.3 Å². The number of nitrogens with one attached hydrogen (secondary N) is 3. The number of carbonyl (C=O) groups is 4. The molecule has 15 nitrogen and oxygen atoms in total. The number of amides is 4. The van der Waals surface area contributed by atoms with Gasteiger partial charge < -0.3 is 44.5 Å². The second kappa shape index (κ2) is 19.8. The largest absolute Gasteiger partial charge is 0.573 e. The van der Waals surface area contributed by atoms with Crippen LogP contribution >= 0.6 is 11.6 Å². The van der Waals surface area contributed by atoms with Gasteiger partial charge in [0.25, 0.3) is 5.91 Å². The summed E-state index contributed by atoms with van der Waals surface area (Å²) >= 11 is 6.61. The van der Waals surface area contributed by atoms with Crippen LogP contribution in [0.4, 0.5) is 29.5 Å². The number of methoxy groups -OCH3 is 1. The highest BCUT2D eigenvalue weighted by molar-refractivity contribution is 6.35. The highest BCUT2D eigenvalue weighted by Crippen LogP contribution is 2.41. The van der Waals surface area contributed by atoms with Crippen LogP contribution in [-0.2, 0) is 19.1 Å². The second-order valence-corrected chi connectivity index (χ2v) is 19.4. The number of pyridine rings is 1. The lowest BCUT2D eigenvalue weighted by molar-refractivity contribution is -0.274. The monoisotopic (exact) mass is 950 g/mol. The summed E-state index contributed by atoms with van der Waals surface area (Å²) in [5.41, 5.74) is 1.05. The van der Waals surface area contributed by atoms with Crippen LogP contribution in [0, 0.1) is 17.3 Å². The van der Waals surface area contributed by atoms with Gasteiger partial charge in [-0.2, -0.15) is 0 Å². The van der Waals surface area contributed by atoms with Gasteiger partial charge in [-0.1, -0.05) is 63.6 Å². The quantitative estimate of drug-likeness (QED) is 0.140. The molecule has 0 unspecified atom stereocenters. The number of piperazine rings is 1. The van der Waals surface area contributed by atoms with E-state index in [0.717, 1.165) is 6.07 Å². The Kier molecular flexibility index (Phi) is 14.5. The molecule has 67 heavy (non-hydrogen) atoms. The van der Waals surface area contributed by atoms with Gasteiger partial charge in [0.2, 0.25) is 11.8 Å². The van der Waals surface area contributed by atoms with Crippen LogP contribution in [0.3, 0.4) is 0 Å². The molecular formula is C48H58ClF3N8O7. The summed E-state index contributed by atoms with van der Waals surface area (Å²) in [4.78, 5) is 71.5. The minimum atomic E-state index is -5.09. The predicted molar refractivity (Wildman–Crippen MR) is 246 cm³/mol. The van der Waals surface area contributed by atoms with Gasteiger partial charge in [0.05, 0.1) is 53.5 Å². The molecule has 3 aliphatic heterocycles. The number of ether oxygens (including phenoxy) is 3. The summed E-state index contributed by atoms with van der Waals surface area (Å²) in [6.07, 6.45) is -1.00. The molecule has 0 saturated carbocycles. The summed E-state index contributed by atoms with van der Waals surface area (Å²) in [5.74, 6) is -0.389. The van der Waals surface area contributed by atoms with Gasteiger partial charge in [0.15, 0.2) is 0 Å². The van der Waals surface area contributed by atoms with Crippen molar-refractivity contribution in [2.24, 2.45) is 17.3 Å². The third-order valence-electron chi connectivity index (χ3n) is 12.5. The van der Waals surface area contributed by atoms with Gasteiger partial charge in [-0.25, -0.2) is 14.8 Å². The number of carbonyl (C=O) groups excluding carboxylic acids is 4. The van der Waals surface area contributed by atoms with E-state index in [1.165, 1.54) is 19.4 Å². The lowest BCUT2D eigenvalue weighted by Gasteiger charge is -2.42. The van der Waals surface area contributed by atoms with Crippen LogP contribution in [0.1, 0.15) is 90.0 Å². The normalized spacial score (nSPS) is 22.8. The zero-order chi connectivity index (χ0) is 48.5. The van der Waals surface area contributed by atoms with E-state index in [1.54, 1.807) is 47.5 Å². The number of nitrogens with zero attached hydrogens (tertiary/aromatic N) is 5. The number of hydrogen-bond donors (Lipinski definition) is 3. The standard InChI is InChI=1S/C48H58ClF3N8O7/c1-26-17-38(60(24-26)44(62)41(57-46(64)65-8)32-18-28(3)66-29(4)19-32)42-54-23-37(56-42)31-11-9-30(10-12-31)34-20-36(49)35(21-39(34)67-48(50,51)52)43(61)55-33-13-14-40(53-22-33)59-16-15-58(25-27(59)2)45(63)47(5,6)7/h9-14,20-23,26-29,32,38,41H,15-19,24-25H2,1-8H3,(H,54,56)(H,55,61)(H,57,64)/t26-,27+,28-,29-,38-,41-/m0/s1. The molecule has 0 radical (unpaired) electrons. The fourth-order valence-corrected chi connectivity index (χ4v) is 9.70. The number of halogens is 4. The van der Waals surface area contributed by atoms with E-state index in [1.807, 2.05) is 53.4 Å². The Hall–Kier alpha value is -5.88. The van der Waals surface area contributed by atoms with Crippen molar-refractivity contribution >= 4 is 46.9 Å². The SMILES string of the molecule is COC(=O)N[C@H](C(=O)N1C[C@@H](C)C[C@H]1c1nc(-c2ccc(-c3cc(Cl)c(C(=O)Nc4ccc(N5CCN(C(=O)C(C)(C)C)C[C@H]5C)nc4)cc3OC(F)(F)F)cc2)c[nH]1)C1C[C@H](C)O[C@@H](C)C1. The molecule has 19 heteroatoms. The first-order valence-electron chi connectivity index (χ1n) is 22.5. The zero-order valence-electron chi connectivity index (χ0n) is 38.9. The molecule has 6 atom stereocenters. The molecule has 0 aliphatic carbocycles. The van der Waals surface area contributed by atoms with E-state index in [0.29, 0.717) is 79.6 Å². The Balaban J connectivity index is 1.06. The maximum absolute atomic E-state index is 14.3. The van der Waals surface area contributed by atoms with Crippen molar-refractivity contribution < 1.29 is 46.6 Å². The Morgan fingerprint density at radius 3 is 2.22 bits per heavy atom. The van der Waals surface area contributed by atoms with E-state index in [-0.39, 0.29) is 58.0 Å². The predicted octanol–water partition coefficient (Wildman–Crippen LogP) is 8.86. The van der Waals surface area contributed by atoms with Crippen molar-refractivity contribution in [3.8, 4) is 28.1 Å². The van der Waals surface area contributed by atoms with Crippen molar-refractivity contribution in [2.45, 2.75) is 104 Å². The molecule has 4 aromatic rings. The number of rotatable bonds is 10. The summed E-state index contributed by atoms with van der Waals surface area (Å²) in [6.45, 7) is 15.7. The van der Waals surface area contributed by atoms with Crippen LogP contribution in [0.15, 0.2) is 60.9 Å². The van der Waals surface area contributed by atoms with E-state index in [9.17, 15) is 32.3 Å². The molecule has 5 heterocycles. The molecule has 3 aliphatic rings. The molecule has 0 bridgehead atoms. The number of imidazole rings is 1. The van der Waals surface area contributed by atoms with Gasteiger partial charge in [0.1, 0.15) is 23.4 Å². The van der Waals surface area contributed by atoms with Crippen LogP contribution in [0.2, 0.25) is 5.02 Å². The zero-order valence-corrected chi connectivity index (χ0v) is 39.6. The van der Waals surface area contributed by atoms with Gasteiger partial charge >= 0.3 is 12.5 Å². The van der Waals surface area contributed by atoms with Crippen LogP contribution < -0.4 is 20.3 Å². The maximum Gasteiger partial charge on any atom is 0.573 e. The first-order chi connectivity index (χ1) is 31.6. The molecular weight excluding hydrogens is 893 g/mol. The summed E-state index contributed by atoms with van der Waals surface area (Å²) in [5, 5.41) is 5.35. The molecule has 2 aromatic carbocycles. The number of aromatic amines is 1. The summed E-state index contributed by atoms with van der Waals surface area (Å²) < 4.78 is 56.8. The maximum atomic E-state index is 14.3. The molecule has 2 aromatic heterocycles. The number of anilines is 2. The number of benzene rings is 2. The van der Waals surface area contributed by atoms with Crippen molar-refractivity contribution in [1.29, 1.82) is 0 Å². The first-order valence-corrected chi connectivity index (χ1v) is 22.9. The molecule has 4 amide bonds. The van der Waals surface area contributed by atoms with Crippen molar-refractivity contribution in [2.75, 3.05) is 43.5 Å². The molecule has 360 valence electrons. The van der Waals surface area contributed by atoms with Gasteiger partial charge in [0, 0.05) is 55.0 Å². The summed E-state index contributed by atoms with van der Waals surface area (Å²) in [6, 6.07) is 10.9. The van der Waals surface area contributed by atoms with Gasteiger partial charge in [-0.15, -0.1) is 13.2 Å². The van der Waals surface area contributed by atoms with E-state index < -0.39 is 41.6 Å². The average Bonchev–Trinajstić information content (AvgIpc) is 3.92. The first kappa shape index (κ1) is 49.0. The smallest absolute Gasteiger partial charge is 0.453 e. The minimum absolute atomic E-state index is 0.00453. The third-order valence-corrected chi connectivity index (χ3v) is 12.8. The Morgan fingerprint density at radius 2 is 1.61 bits per heavy atom. The van der Waals surface area contributed by atoms with E-state index in [4.69, 9.17) is 26.1 Å². The number of likely N-dealkylation sites (tertiary alicyclic amines) is 1. The number of alkyl halides is 3. The van der Waals surface area contributed by atoms with Gasteiger partial charge in [-0.3, -0.25) is 14.4 Å². The fourth-order valence-electron chi connectivity index (χ4n) is 9.45. The fraction of sp³-hybridized carbons (Fsp3) is 0.500. The Bertz CT molecular complexity index is 2430. The second-order valence-electron chi connectivity index (χ2n) is 19.0. The summed E-state index contributed by atoms with van der Waals surface area (Å²) in [7, 11) is 1.26. The van der Waals surface area contributed by atoms with E-state index in [2.05, 4.69) is 30.2 Å². The molecule has 0 spiro atoms. The highest BCUT2D eigenvalue weighted by atomic mass is 35.5. The van der Waals surface area contributed by atoms with Crippen molar-refractivity contribution in [1.82, 2.24) is 30.1 Å². The average molecular weight is 951 g/mol. The number of alkyl carbamates (subject to hydrolysis) is 1. The molecule has 3 fully saturated rings. The van der Waals surface area contributed by atoms with Crippen molar-refractivity contribution in [3.63, 3.8) is 0 Å². The Morgan fingerprint density at radius 1 is 0.925 bits per heavy atom. The lowest BCUT2D eigenvalue weighted by Crippen LogP contribution is -2.56. The van der Waals surface area contributed by atoms with Gasteiger partial charge in [-0.05, 0) is 81.7 Å². The Labute approximate surface area is 393 Å². The molecule has 3 saturated heterocycles. The molecule has 7 rings (SSSR count). The number of aromatic nitrogens is 3. The highest BCUT2D eigenvalue weighted by Gasteiger charge is 2.44. The number of hydrogen-bond acceptors (Lipinski definition) is 10. The number of H-pyrrole nitrogens is 1.